The van der Waals surface area contributed by atoms with Gasteiger partial charge in [0, 0.05) is 18.3 Å². The van der Waals surface area contributed by atoms with Crippen molar-refractivity contribution in [2.75, 3.05) is 25.0 Å². The quantitative estimate of drug-likeness (QED) is 0.812. The highest BCUT2D eigenvalue weighted by molar-refractivity contribution is 5.94. The van der Waals surface area contributed by atoms with Crippen LogP contribution in [0.3, 0.4) is 0 Å². The number of aryl methyl sites for hydroxylation is 1. The predicted molar refractivity (Wildman–Crippen MR) is 99.2 cm³/mol. The maximum Gasteiger partial charge on any atom is 0.241 e. The fraction of sp³-hybridized carbons (Fsp3) is 0.333. The first-order valence-corrected chi connectivity index (χ1v) is 8.71. The maximum atomic E-state index is 12.9. The minimum absolute atomic E-state index is 0.0355. The molecule has 1 aliphatic rings. The lowest BCUT2D eigenvalue weighted by molar-refractivity contribution is -0.120. The van der Waals surface area contributed by atoms with Crippen molar-refractivity contribution >= 4 is 11.6 Å². The highest BCUT2D eigenvalue weighted by atomic mass is 16.2. The smallest absolute Gasteiger partial charge is 0.241 e. The van der Waals surface area contributed by atoms with Gasteiger partial charge in [0.1, 0.15) is 0 Å². The number of hydrogen-bond donors (Lipinski definition) is 0. The Hall–Kier alpha value is -2.64. The number of likely N-dealkylation sites (N-methyl/N-ethyl adjacent to an activating group) is 1. The highest BCUT2D eigenvalue weighted by Gasteiger charge is 2.27. The Morgan fingerprint density at radius 2 is 1.88 bits per heavy atom. The molecule has 0 saturated carbocycles. The topological polar surface area (TPSA) is 47.3 Å². The number of benzene rings is 2. The van der Waals surface area contributed by atoms with Crippen molar-refractivity contribution in [1.29, 1.82) is 5.26 Å². The Balaban J connectivity index is 1.72. The van der Waals surface area contributed by atoms with Crippen LogP contribution >= 0.6 is 0 Å². The zero-order chi connectivity index (χ0) is 17.6. The zero-order valence-corrected chi connectivity index (χ0v) is 14.6. The van der Waals surface area contributed by atoms with E-state index in [0.29, 0.717) is 19.5 Å². The van der Waals surface area contributed by atoms with Gasteiger partial charge in [0.2, 0.25) is 5.91 Å². The van der Waals surface area contributed by atoms with E-state index in [1.807, 2.05) is 37.4 Å². The van der Waals surface area contributed by atoms with Crippen molar-refractivity contribution in [3.63, 3.8) is 0 Å². The summed E-state index contributed by atoms with van der Waals surface area (Å²) in [5, 5.41) is 8.91. The number of hydrogen-bond acceptors (Lipinski definition) is 3. The molecule has 0 bridgehead atoms. The molecule has 0 fully saturated rings. The Kier molecular flexibility index (Phi) is 5.47. The Morgan fingerprint density at radius 1 is 1.16 bits per heavy atom. The molecule has 2 aromatic rings. The summed E-state index contributed by atoms with van der Waals surface area (Å²) in [4.78, 5) is 16.8. The summed E-state index contributed by atoms with van der Waals surface area (Å²) in [5.41, 5.74) is 3.57. The molecule has 25 heavy (non-hydrogen) atoms. The van der Waals surface area contributed by atoms with Crippen LogP contribution in [0.1, 0.15) is 30.0 Å². The standard InChI is InChI=1S/C21H23N3O/c1-23(20-13-12-17-8-5-6-11-19(17)20)16-21(25)24(15-7-14-22)18-9-3-2-4-10-18/h2-6,8-11,20H,7,12-13,15-16H2,1H3/t20-/m1/s1. The van der Waals surface area contributed by atoms with Crippen LogP contribution < -0.4 is 4.90 Å². The highest BCUT2D eigenvalue weighted by Crippen LogP contribution is 2.34. The summed E-state index contributed by atoms with van der Waals surface area (Å²) in [6.45, 7) is 0.772. The van der Waals surface area contributed by atoms with Crippen LogP contribution in [0.2, 0.25) is 0 Å². The van der Waals surface area contributed by atoms with E-state index in [4.69, 9.17) is 5.26 Å². The van der Waals surface area contributed by atoms with Crippen LogP contribution in [-0.2, 0) is 11.2 Å². The van der Waals surface area contributed by atoms with Crippen LogP contribution in [0.15, 0.2) is 54.6 Å². The molecule has 128 valence electrons. The molecule has 4 nitrogen and oxygen atoms in total. The normalized spacial score (nSPS) is 15.6. The summed E-state index contributed by atoms with van der Waals surface area (Å²) in [7, 11) is 2.01. The fourth-order valence-corrected chi connectivity index (χ4v) is 3.57. The van der Waals surface area contributed by atoms with Gasteiger partial charge >= 0.3 is 0 Å². The number of fused-ring (bicyclic) bond motifs is 1. The van der Waals surface area contributed by atoms with Crippen LogP contribution in [0.25, 0.3) is 0 Å². The van der Waals surface area contributed by atoms with E-state index in [9.17, 15) is 4.79 Å². The third-order valence-electron chi connectivity index (χ3n) is 4.83. The van der Waals surface area contributed by atoms with Gasteiger partial charge in [-0.25, -0.2) is 0 Å². The summed E-state index contributed by atoms with van der Waals surface area (Å²) < 4.78 is 0. The zero-order valence-electron chi connectivity index (χ0n) is 14.6. The van der Waals surface area contributed by atoms with Crippen molar-refractivity contribution < 1.29 is 4.79 Å². The minimum atomic E-state index is 0.0355. The molecule has 1 aliphatic carbocycles. The van der Waals surface area contributed by atoms with E-state index in [2.05, 4.69) is 35.2 Å². The first kappa shape index (κ1) is 17.2. The third kappa shape index (κ3) is 3.89. The van der Waals surface area contributed by atoms with Gasteiger partial charge in [-0.1, -0.05) is 42.5 Å². The van der Waals surface area contributed by atoms with Gasteiger partial charge in [-0.05, 0) is 43.1 Å². The molecular weight excluding hydrogens is 310 g/mol. The number of para-hydroxylation sites is 1. The number of carbonyl (C=O) groups is 1. The molecule has 2 aromatic carbocycles. The molecule has 0 aromatic heterocycles. The maximum absolute atomic E-state index is 12.9. The fourth-order valence-electron chi connectivity index (χ4n) is 3.57. The predicted octanol–water partition coefficient (Wildman–Crippen LogP) is 3.55. The number of rotatable bonds is 6. The summed E-state index contributed by atoms with van der Waals surface area (Å²) in [5.74, 6) is 0.0355. The average Bonchev–Trinajstić information content (AvgIpc) is 3.07. The second-order valence-corrected chi connectivity index (χ2v) is 6.46. The monoisotopic (exact) mass is 333 g/mol. The molecule has 0 unspecified atom stereocenters. The van der Waals surface area contributed by atoms with E-state index in [1.54, 1.807) is 4.90 Å². The number of anilines is 1. The van der Waals surface area contributed by atoms with Crippen molar-refractivity contribution in [3.05, 3.63) is 65.7 Å². The minimum Gasteiger partial charge on any atom is -0.310 e. The molecule has 0 saturated heterocycles. The second kappa shape index (κ2) is 7.96. The van der Waals surface area contributed by atoms with Crippen LogP contribution in [-0.4, -0.2) is 30.9 Å². The summed E-state index contributed by atoms with van der Waals surface area (Å²) in [6, 6.07) is 20.5. The molecular formula is C21H23N3O. The molecule has 1 amide bonds. The number of amides is 1. The molecule has 4 heteroatoms. The van der Waals surface area contributed by atoms with Crippen LogP contribution in [0, 0.1) is 11.3 Å². The molecule has 0 heterocycles. The first-order valence-electron chi connectivity index (χ1n) is 8.71. The first-order chi connectivity index (χ1) is 12.2. The van der Waals surface area contributed by atoms with E-state index >= 15 is 0 Å². The Bertz CT molecular complexity index is 766. The van der Waals surface area contributed by atoms with Crippen LogP contribution in [0.4, 0.5) is 5.69 Å². The van der Waals surface area contributed by atoms with Gasteiger partial charge < -0.3 is 4.90 Å². The molecule has 0 spiro atoms. The van der Waals surface area contributed by atoms with E-state index < -0.39 is 0 Å². The van der Waals surface area contributed by atoms with Gasteiger partial charge in [-0.3, -0.25) is 9.69 Å². The van der Waals surface area contributed by atoms with E-state index in [0.717, 1.165) is 18.5 Å². The van der Waals surface area contributed by atoms with E-state index in [1.165, 1.54) is 11.1 Å². The SMILES string of the molecule is CN(CC(=O)N(CCC#N)c1ccccc1)[C@@H]1CCc2ccccc21. The van der Waals surface area contributed by atoms with Gasteiger partial charge in [-0.2, -0.15) is 5.26 Å². The molecule has 0 radical (unpaired) electrons. The van der Waals surface area contributed by atoms with Crippen molar-refractivity contribution in [3.8, 4) is 6.07 Å². The molecule has 0 N–H and O–H groups in total. The van der Waals surface area contributed by atoms with Crippen LogP contribution in [0.5, 0.6) is 0 Å². The number of nitriles is 1. The second-order valence-electron chi connectivity index (χ2n) is 6.46. The Labute approximate surface area is 149 Å². The molecule has 0 aliphatic heterocycles. The lowest BCUT2D eigenvalue weighted by Gasteiger charge is -2.28. The van der Waals surface area contributed by atoms with Gasteiger partial charge in [0.15, 0.2) is 0 Å². The van der Waals surface area contributed by atoms with Crippen molar-refractivity contribution in [1.82, 2.24) is 4.90 Å². The van der Waals surface area contributed by atoms with E-state index in [-0.39, 0.29) is 11.9 Å². The third-order valence-corrected chi connectivity index (χ3v) is 4.83. The number of carbonyl (C=O) groups excluding carboxylic acids is 1. The van der Waals surface area contributed by atoms with Gasteiger partial charge in [0.25, 0.3) is 0 Å². The summed E-state index contributed by atoms with van der Waals surface area (Å²) in [6.07, 6.45) is 2.44. The Morgan fingerprint density at radius 3 is 2.64 bits per heavy atom. The average molecular weight is 333 g/mol. The lowest BCUT2D eigenvalue weighted by atomic mass is 10.1. The van der Waals surface area contributed by atoms with Crippen molar-refractivity contribution in [2.24, 2.45) is 0 Å². The van der Waals surface area contributed by atoms with Gasteiger partial charge in [-0.15, -0.1) is 0 Å². The molecule has 3 rings (SSSR count). The number of nitrogens with zero attached hydrogens (tertiary/aromatic N) is 3. The van der Waals surface area contributed by atoms with Gasteiger partial charge in [0.05, 0.1) is 19.0 Å². The lowest BCUT2D eigenvalue weighted by Crippen LogP contribution is -2.40. The largest absolute Gasteiger partial charge is 0.310 e. The summed E-state index contributed by atoms with van der Waals surface area (Å²) >= 11 is 0. The molecule has 1 atom stereocenters. The van der Waals surface area contributed by atoms with Crippen molar-refractivity contribution in [2.45, 2.75) is 25.3 Å².